The fraction of sp³-hybridized carbons (Fsp3) is 0.235. The Morgan fingerprint density at radius 2 is 1.78 bits per heavy atom. The Labute approximate surface area is 132 Å². The van der Waals surface area contributed by atoms with Gasteiger partial charge >= 0.3 is 0 Å². The number of para-hydroxylation sites is 1. The summed E-state index contributed by atoms with van der Waals surface area (Å²) in [6.45, 7) is 3.60. The lowest BCUT2D eigenvalue weighted by Crippen LogP contribution is -2.21. The fourth-order valence-corrected chi connectivity index (χ4v) is 2.04. The van der Waals surface area contributed by atoms with Crippen molar-refractivity contribution in [1.29, 1.82) is 0 Å². The summed E-state index contributed by atoms with van der Waals surface area (Å²) in [5.74, 6) is -4.31. The highest BCUT2D eigenvalue weighted by atomic mass is 19.2. The van der Waals surface area contributed by atoms with Gasteiger partial charge in [-0.2, -0.15) is 0 Å². The standard InChI is InChI=1S/C17H16F3NO2/c1-10(2)11-5-3-4-6-14(11)23-9-15(22)21-13-8-7-12(18)16(19)17(13)20/h3-8,10H,9H2,1-2H3,(H,21,22). The lowest BCUT2D eigenvalue weighted by atomic mass is 10.0. The van der Waals surface area contributed by atoms with E-state index in [1.165, 1.54) is 0 Å². The Balaban J connectivity index is 2.03. The molecule has 0 saturated carbocycles. The highest BCUT2D eigenvalue weighted by molar-refractivity contribution is 5.92. The number of amides is 1. The van der Waals surface area contributed by atoms with Crippen LogP contribution >= 0.6 is 0 Å². The monoisotopic (exact) mass is 323 g/mol. The number of anilines is 1. The molecule has 2 aromatic carbocycles. The van der Waals surface area contributed by atoms with Crippen molar-refractivity contribution in [2.75, 3.05) is 11.9 Å². The van der Waals surface area contributed by atoms with E-state index in [2.05, 4.69) is 5.32 Å². The molecule has 2 aromatic rings. The highest BCUT2D eigenvalue weighted by Gasteiger charge is 2.16. The van der Waals surface area contributed by atoms with E-state index >= 15 is 0 Å². The zero-order chi connectivity index (χ0) is 17.0. The van der Waals surface area contributed by atoms with Crippen LogP contribution in [0.25, 0.3) is 0 Å². The van der Waals surface area contributed by atoms with Gasteiger partial charge in [0.05, 0.1) is 5.69 Å². The molecule has 0 bridgehead atoms. The summed E-state index contributed by atoms with van der Waals surface area (Å²) >= 11 is 0. The molecule has 6 heteroatoms. The van der Waals surface area contributed by atoms with Crippen LogP contribution < -0.4 is 10.1 Å². The van der Waals surface area contributed by atoms with Crippen LogP contribution in [0.3, 0.4) is 0 Å². The van der Waals surface area contributed by atoms with Crippen LogP contribution in [0.4, 0.5) is 18.9 Å². The lowest BCUT2D eigenvalue weighted by Gasteiger charge is -2.14. The quantitative estimate of drug-likeness (QED) is 0.836. The first-order valence-corrected chi connectivity index (χ1v) is 7.05. The smallest absolute Gasteiger partial charge is 0.262 e. The highest BCUT2D eigenvalue weighted by Crippen LogP contribution is 2.26. The van der Waals surface area contributed by atoms with Crippen molar-refractivity contribution in [2.45, 2.75) is 19.8 Å². The van der Waals surface area contributed by atoms with E-state index in [9.17, 15) is 18.0 Å². The minimum Gasteiger partial charge on any atom is -0.483 e. The van der Waals surface area contributed by atoms with Crippen LogP contribution in [-0.4, -0.2) is 12.5 Å². The van der Waals surface area contributed by atoms with Crippen LogP contribution in [0.15, 0.2) is 36.4 Å². The molecule has 0 aliphatic rings. The fourth-order valence-electron chi connectivity index (χ4n) is 2.04. The largest absolute Gasteiger partial charge is 0.483 e. The van der Waals surface area contributed by atoms with E-state index < -0.39 is 29.0 Å². The van der Waals surface area contributed by atoms with Gasteiger partial charge in [0.25, 0.3) is 5.91 Å². The average molecular weight is 323 g/mol. The molecule has 0 radical (unpaired) electrons. The number of nitrogens with one attached hydrogen (secondary N) is 1. The van der Waals surface area contributed by atoms with Gasteiger partial charge in [-0.25, -0.2) is 13.2 Å². The van der Waals surface area contributed by atoms with Gasteiger partial charge in [-0.05, 0) is 29.7 Å². The molecule has 0 aromatic heterocycles. The third-order valence-electron chi connectivity index (χ3n) is 3.21. The molecule has 1 amide bonds. The molecule has 0 aliphatic heterocycles. The predicted octanol–water partition coefficient (Wildman–Crippen LogP) is 4.24. The van der Waals surface area contributed by atoms with E-state index in [-0.39, 0.29) is 12.5 Å². The van der Waals surface area contributed by atoms with E-state index in [0.717, 1.165) is 17.7 Å². The van der Waals surface area contributed by atoms with Crippen LogP contribution in [0.1, 0.15) is 25.3 Å². The maximum atomic E-state index is 13.5. The van der Waals surface area contributed by atoms with Crippen LogP contribution in [0.2, 0.25) is 0 Å². The molecule has 0 saturated heterocycles. The van der Waals surface area contributed by atoms with Gasteiger partial charge in [0.2, 0.25) is 0 Å². The predicted molar refractivity (Wildman–Crippen MR) is 81.0 cm³/mol. The summed E-state index contributed by atoms with van der Waals surface area (Å²) in [7, 11) is 0. The van der Waals surface area contributed by atoms with Gasteiger partial charge < -0.3 is 10.1 Å². The van der Waals surface area contributed by atoms with Crippen molar-refractivity contribution in [3.05, 3.63) is 59.4 Å². The zero-order valence-corrected chi connectivity index (χ0v) is 12.7. The number of ether oxygens (including phenoxy) is 1. The lowest BCUT2D eigenvalue weighted by molar-refractivity contribution is -0.118. The topological polar surface area (TPSA) is 38.3 Å². The molecule has 3 nitrogen and oxygen atoms in total. The van der Waals surface area contributed by atoms with E-state index in [1.54, 1.807) is 12.1 Å². The first kappa shape index (κ1) is 16.9. The number of carbonyl (C=O) groups excluding carboxylic acids is 1. The Kier molecular flexibility index (Phi) is 5.26. The molecule has 0 unspecified atom stereocenters. The second-order valence-electron chi connectivity index (χ2n) is 5.25. The molecule has 0 fully saturated rings. The van der Waals surface area contributed by atoms with E-state index in [0.29, 0.717) is 5.75 Å². The SMILES string of the molecule is CC(C)c1ccccc1OCC(=O)Nc1ccc(F)c(F)c1F. The van der Waals surface area contributed by atoms with E-state index in [1.807, 2.05) is 26.0 Å². The van der Waals surface area contributed by atoms with Gasteiger partial charge in [-0.15, -0.1) is 0 Å². The minimum atomic E-state index is -1.63. The summed E-state index contributed by atoms with van der Waals surface area (Å²) in [5.41, 5.74) is 0.494. The zero-order valence-electron chi connectivity index (χ0n) is 12.7. The Morgan fingerprint density at radius 1 is 1.09 bits per heavy atom. The number of halogens is 3. The van der Waals surface area contributed by atoms with Crippen LogP contribution in [0, 0.1) is 17.5 Å². The number of carbonyl (C=O) groups is 1. The molecule has 0 spiro atoms. The minimum absolute atomic E-state index is 0.206. The van der Waals surface area contributed by atoms with Gasteiger partial charge in [0.1, 0.15) is 5.75 Å². The molecule has 122 valence electrons. The van der Waals surface area contributed by atoms with Crippen molar-refractivity contribution in [1.82, 2.24) is 0 Å². The van der Waals surface area contributed by atoms with Gasteiger partial charge in [0.15, 0.2) is 24.1 Å². The van der Waals surface area contributed by atoms with Gasteiger partial charge in [-0.3, -0.25) is 4.79 Å². The Bertz CT molecular complexity index is 717. The summed E-state index contributed by atoms with van der Waals surface area (Å²) in [5, 5.41) is 2.15. The Hall–Kier alpha value is -2.50. The summed E-state index contributed by atoms with van der Waals surface area (Å²) in [6, 6.07) is 8.93. The van der Waals surface area contributed by atoms with Gasteiger partial charge in [0, 0.05) is 0 Å². The maximum Gasteiger partial charge on any atom is 0.262 e. The van der Waals surface area contributed by atoms with Crippen LogP contribution in [0.5, 0.6) is 5.75 Å². The molecule has 0 atom stereocenters. The molecule has 2 rings (SSSR count). The summed E-state index contributed by atoms with van der Waals surface area (Å²) < 4.78 is 44.8. The van der Waals surface area contributed by atoms with Crippen molar-refractivity contribution < 1.29 is 22.7 Å². The second-order valence-corrected chi connectivity index (χ2v) is 5.25. The molecule has 0 heterocycles. The van der Waals surface area contributed by atoms with Gasteiger partial charge in [-0.1, -0.05) is 32.0 Å². The third kappa shape index (κ3) is 4.03. The molecule has 23 heavy (non-hydrogen) atoms. The number of benzene rings is 2. The first-order chi connectivity index (χ1) is 10.9. The number of rotatable bonds is 5. The summed E-state index contributed by atoms with van der Waals surface area (Å²) in [4.78, 5) is 11.8. The number of hydrogen-bond acceptors (Lipinski definition) is 2. The van der Waals surface area contributed by atoms with Crippen molar-refractivity contribution >= 4 is 11.6 Å². The molecular formula is C17H16F3NO2. The average Bonchev–Trinajstić information content (AvgIpc) is 2.53. The molecule has 1 N–H and O–H groups in total. The maximum absolute atomic E-state index is 13.5. The number of hydrogen-bond donors (Lipinski definition) is 1. The Morgan fingerprint density at radius 3 is 2.48 bits per heavy atom. The van der Waals surface area contributed by atoms with Crippen molar-refractivity contribution in [3.8, 4) is 5.75 Å². The molecule has 0 aliphatic carbocycles. The molecular weight excluding hydrogens is 307 g/mol. The second kappa shape index (κ2) is 7.17. The van der Waals surface area contributed by atoms with Crippen molar-refractivity contribution in [3.63, 3.8) is 0 Å². The van der Waals surface area contributed by atoms with Crippen molar-refractivity contribution in [2.24, 2.45) is 0 Å². The first-order valence-electron chi connectivity index (χ1n) is 7.05. The third-order valence-corrected chi connectivity index (χ3v) is 3.21. The van der Waals surface area contributed by atoms with Crippen LogP contribution in [-0.2, 0) is 4.79 Å². The normalized spacial score (nSPS) is 10.7. The summed E-state index contributed by atoms with van der Waals surface area (Å²) in [6.07, 6.45) is 0. The van der Waals surface area contributed by atoms with E-state index in [4.69, 9.17) is 4.74 Å².